The van der Waals surface area contributed by atoms with Crippen LogP contribution in [0.25, 0.3) is 11.2 Å². The number of aromatic amines is 1. The van der Waals surface area contributed by atoms with E-state index in [0.717, 1.165) is 25.7 Å². The smallest absolute Gasteiger partial charge is 0.332 e. The Hall–Kier alpha value is -2.42. The molecular formula is C18H28N4O5. The summed E-state index contributed by atoms with van der Waals surface area (Å²) in [5, 5.41) is 0. The standard InChI is InChI=1S/C18H28N4O5/c1-4-7-9-22-16-15(17(24)20-18(22)25)21(8-5-2)13(19-16)11-27-14(23)12-26-10-6-3/h4-12H2,1-3H3,(H,20,24,25). The van der Waals surface area contributed by atoms with Crippen molar-refractivity contribution < 1.29 is 14.3 Å². The van der Waals surface area contributed by atoms with Gasteiger partial charge in [-0.15, -0.1) is 0 Å². The summed E-state index contributed by atoms with van der Waals surface area (Å²) in [7, 11) is 0. The van der Waals surface area contributed by atoms with E-state index >= 15 is 0 Å². The van der Waals surface area contributed by atoms with Crippen LogP contribution in [0.15, 0.2) is 9.59 Å². The fraction of sp³-hybridized carbons (Fsp3) is 0.667. The topological polar surface area (TPSA) is 108 Å². The summed E-state index contributed by atoms with van der Waals surface area (Å²) in [5.74, 6) is -0.0483. The van der Waals surface area contributed by atoms with E-state index in [9.17, 15) is 14.4 Å². The quantitative estimate of drug-likeness (QED) is 0.468. The number of nitrogens with one attached hydrogen (secondary N) is 1. The molecule has 0 radical (unpaired) electrons. The minimum absolute atomic E-state index is 0.0790. The number of ether oxygens (including phenoxy) is 2. The van der Waals surface area contributed by atoms with Crippen molar-refractivity contribution in [2.45, 2.75) is 66.2 Å². The van der Waals surface area contributed by atoms with Crippen molar-refractivity contribution in [1.29, 1.82) is 0 Å². The molecule has 9 nitrogen and oxygen atoms in total. The fourth-order valence-electron chi connectivity index (χ4n) is 2.80. The third-order valence-corrected chi connectivity index (χ3v) is 4.08. The molecule has 2 rings (SSSR count). The molecule has 0 saturated carbocycles. The van der Waals surface area contributed by atoms with E-state index in [4.69, 9.17) is 9.47 Å². The molecule has 0 aliphatic heterocycles. The number of hydrogen-bond acceptors (Lipinski definition) is 6. The lowest BCUT2D eigenvalue weighted by atomic mass is 10.3. The molecule has 0 fully saturated rings. The van der Waals surface area contributed by atoms with Crippen molar-refractivity contribution >= 4 is 17.1 Å². The van der Waals surface area contributed by atoms with E-state index in [1.165, 1.54) is 4.57 Å². The summed E-state index contributed by atoms with van der Waals surface area (Å²) in [6, 6.07) is 0. The highest BCUT2D eigenvalue weighted by Gasteiger charge is 2.19. The second-order valence-electron chi connectivity index (χ2n) is 6.33. The summed E-state index contributed by atoms with van der Waals surface area (Å²) in [4.78, 5) is 43.2. The summed E-state index contributed by atoms with van der Waals surface area (Å²) in [6.07, 6.45) is 3.28. The first-order chi connectivity index (χ1) is 13.0. The molecule has 0 amide bonds. The first kappa shape index (κ1) is 20.9. The van der Waals surface area contributed by atoms with E-state index in [1.54, 1.807) is 4.57 Å². The largest absolute Gasteiger partial charge is 0.456 e. The number of unbranched alkanes of at least 4 members (excludes halogenated alkanes) is 1. The maximum atomic E-state index is 12.4. The van der Waals surface area contributed by atoms with Crippen LogP contribution in [0.4, 0.5) is 0 Å². The average molecular weight is 380 g/mol. The van der Waals surface area contributed by atoms with Crippen LogP contribution in [-0.2, 0) is 34.0 Å². The predicted molar refractivity (Wildman–Crippen MR) is 101 cm³/mol. The molecule has 1 N–H and O–H groups in total. The summed E-state index contributed by atoms with van der Waals surface area (Å²) in [6.45, 7) is 7.24. The van der Waals surface area contributed by atoms with Crippen LogP contribution in [0.5, 0.6) is 0 Å². The molecule has 0 aliphatic carbocycles. The molecule has 27 heavy (non-hydrogen) atoms. The minimum Gasteiger partial charge on any atom is -0.456 e. The highest BCUT2D eigenvalue weighted by atomic mass is 16.6. The van der Waals surface area contributed by atoms with E-state index in [2.05, 4.69) is 9.97 Å². The number of fused-ring (bicyclic) bond motifs is 1. The lowest BCUT2D eigenvalue weighted by Gasteiger charge is -2.08. The van der Waals surface area contributed by atoms with Gasteiger partial charge in [0, 0.05) is 19.7 Å². The molecule has 0 bridgehead atoms. The lowest BCUT2D eigenvalue weighted by molar-refractivity contribution is -0.150. The van der Waals surface area contributed by atoms with Crippen molar-refractivity contribution in [1.82, 2.24) is 19.1 Å². The molecule has 0 saturated heterocycles. The Bertz CT molecular complexity index is 880. The summed E-state index contributed by atoms with van der Waals surface area (Å²) < 4.78 is 13.6. The molecule has 0 aromatic carbocycles. The number of esters is 1. The number of imidazole rings is 1. The van der Waals surface area contributed by atoms with E-state index < -0.39 is 17.2 Å². The van der Waals surface area contributed by atoms with Crippen molar-refractivity contribution in [3.63, 3.8) is 0 Å². The third-order valence-electron chi connectivity index (χ3n) is 4.08. The monoisotopic (exact) mass is 380 g/mol. The fourth-order valence-corrected chi connectivity index (χ4v) is 2.80. The van der Waals surface area contributed by atoms with E-state index in [-0.39, 0.29) is 13.2 Å². The highest BCUT2D eigenvalue weighted by Crippen LogP contribution is 2.14. The number of carbonyl (C=O) groups is 1. The van der Waals surface area contributed by atoms with Crippen LogP contribution in [0.3, 0.4) is 0 Å². The molecule has 0 aliphatic rings. The lowest BCUT2D eigenvalue weighted by Crippen LogP contribution is -2.31. The first-order valence-electron chi connectivity index (χ1n) is 9.49. The molecule has 2 aromatic rings. The number of hydrogen-bond donors (Lipinski definition) is 1. The van der Waals surface area contributed by atoms with Gasteiger partial charge in [-0.1, -0.05) is 27.2 Å². The number of aryl methyl sites for hydroxylation is 2. The van der Waals surface area contributed by atoms with Crippen molar-refractivity contribution in [2.24, 2.45) is 0 Å². The predicted octanol–water partition coefficient (Wildman–Crippen LogP) is 1.57. The Kier molecular flexibility index (Phi) is 7.78. The Morgan fingerprint density at radius 2 is 1.85 bits per heavy atom. The van der Waals surface area contributed by atoms with Gasteiger partial charge in [0.15, 0.2) is 11.2 Å². The van der Waals surface area contributed by atoms with Gasteiger partial charge in [-0.3, -0.25) is 14.3 Å². The normalized spacial score (nSPS) is 11.2. The number of H-pyrrole nitrogens is 1. The summed E-state index contributed by atoms with van der Waals surface area (Å²) >= 11 is 0. The second-order valence-corrected chi connectivity index (χ2v) is 6.33. The van der Waals surface area contributed by atoms with Crippen LogP contribution in [-0.4, -0.2) is 38.3 Å². The van der Waals surface area contributed by atoms with Gasteiger partial charge < -0.3 is 14.0 Å². The zero-order valence-corrected chi connectivity index (χ0v) is 16.2. The van der Waals surface area contributed by atoms with Gasteiger partial charge in [0.2, 0.25) is 0 Å². The van der Waals surface area contributed by atoms with Gasteiger partial charge in [-0.2, -0.15) is 0 Å². The summed E-state index contributed by atoms with van der Waals surface area (Å²) in [5.41, 5.74) is -0.286. The molecule has 9 heteroatoms. The number of aromatic nitrogens is 4. The Labute approximate surface area is 157 Å². The number of rotatable bonds is 11. The first-order valence-corrected chi connectivity index (χ1v) is 9.49. The maximum absolute atomic E-state index is 12.4. The molecule has 0 spiro atoms. The zero-order valence-electron chi connectivity index (χ0n) is 16.2. The Morgan fingerprint density at radius 1 is 1.07 bits per heavy atom. The number of carbonyl (C=O) groups excluding carboxylic acids is 1. The maximum Gasteiger partial charge on any atom is 0.332 e. The zero-order chi connectivity index (χ0) is 19.8. The second kappa shape index (κ2) is 10.1. The SMILES string of the molecule is CCCCn1c(=O)[nH]c(=O)c2c1nc(COC(=O)COCCC)n2CCC. The average Bonchev–Trinajstić information content (AvgIpc) is 2.99. The third kappa shape index (κ3) is 5.06. The van der Waals surface area contributed by atoms with Gasteiger partial charge >= 0.3 is 11.7 Å². The van der Waals surface area contributed by atoms with Crippen LogP contribution >= 0.6 is 0 Å². The number of nitrogens with zero attached hydrogens (tertiary/aromatic N) is 3. The van der Waals surface area contributed by atoms with Gasteiger partial charge in [0.1, 0.15) is 19.0 Å². The molecular weight excluding hydrogens is 352 g/mol. The van der Waals surface area contributed by atoms with Crippen molar-refractivity contribution in [3.05, 3.63) is 26.7 Å². The van der Waals surface area contributed by atoms with Crippen molar-refractivity contribution in [2.75, 3.05) is 13.2 Å². The molecule has 2 aromatic heterocycles. The van der Waals surface area contributed by atoms with E-state index in [1.807, 2.05) is 20.8 Å². The van der Waals surface area contributed by atoms with Gasteiger partial charge in [-0.05, 0) is 19.3 Å². The van der Waals surface area contributed by atoms with Gasteiger partial charge in [0.25, 0.3) is 5.56 Å². The van der Waals surface area contributed by atoms with Gasteiger partial charge in [0.05, 0.1) is 0 Å². The molecule has 0 unspecified atom stereocenters. The van der Waals surface area contributed by atoms with E-state index in [0.29, 0.717) is 36.7 Å². The minimum atomic E-state index is -0.490. The van der Waals surface area contributed by atoms with Crippen LogP contribution < -0.4 is 11.2 Å². The Morgan fingerprint density at radius 3 is 2.52 bits per heavy atom. The molecule has 0 atom stereocenters. The molecule has 150 valence electrons. The van der Waals surface area contributed by atoms with Crippen LogP contribution in [0, 0.1) is 0 Å². The molecule has 2 heterocycles. The van der Waals surface area contributed by atoms with Crippen molar-refractivity contribution in [3.8, 4) is 0 Å². The van der Waals surface area contributed by atoms with Crippen LogP contribution in [0.1, 0.15) is 52.3 Å². The highest BCUT2D eigenvalue weighted by molar-refractivity contribution is 5.72. The Balaban J connectivity index is 2.36. The van der Waals surface area contributed by atoms with Crippen LogP contribution in [0.2, 0.25) is 0 Å². The van der Waals surface area contributed by atoms with Gasteiger partial charge in [-0.25, -0.2) is 14.6 Å².